The van der Waals surface area contributed by atoms with Crippen molar-refractivity contribution in [3.8, 4) is 5.75 Å². The zero-order valence-electron chi connectivity index (χ0n) is 20.9. The lowest BCUT2D eigenvalue weighted by Gasteiger charge is -2.12. The van der Waals surface area contributed by atoms with Gasteiger partial charge in [-0.3, -0.25) is 24.1 Å². The summed E-state index contributed by atoms with van der Waals surface area (Å²) in [6.07, 6.45) is 1.57. The molecule has 11 heteroatoms. The Bertz CT molecular complexity index is 1480. The molecule has 2 N–H and O–H groups in total. The van der Waals surface area contributed by atoms with Crippen LogP contribution < -0.4 is 15.4 Å². The molecule has 4 amide bonds. The zero-order valence-corrected chi connectivity index (χ0v) is 24.1. The van der Waals surface area contributed by atoms with Gasteiger partial charge in [-0.25, -0.2) is 0 Å². The van der Waals surface area contributed by atoms with Gasteiger partial charge in [0.2, 0.25) is 5.91 Å². The molecule has 1 heterocycles. The van der Waals surface area contributed by atoms with Gasteiger partial charge >= 0.3 is 0 Å². The average molecular weight is 629 g/mol. The molecule has 1 saturated heterocycles. The number of carbonyl (C=O) groups excluding carboxylic acids is 4. The fourth-order valence-electron chi connectivity index (χ4n) is 3.54. The molecule has 0 aromatic heterocycles. The Balaban J connectivity index is 1.31. The second-order valence-corrected chi connectivity index (χ2v) is 10.9. The summed E-state index contributed by atoms with van der Waals surface area (Å²) < 4.78 is 6.37. The number of halogens is 2. The maximum Gasteiger partial charge on any atom is 0.294 e. The third-order valence-corrected chi connectivity index (χ3v) is 7.52. The van der Waals surface area contributed by atoms with Gasteiger partial charge in [0.05, 0.1) is 10.6 Å². The van der Waals surface area contributed by atoms with E-state index in [1.54, 1.807) is 54.6 Å². The number of benzene rings is 3. The van der Waals surface area contributed by atoms with E-state index in [2.05, 4.69) is 26.6 Å². The summed E-state index contributed by atoms with van der Waals surface area (Å²) in [7, 11) is 0. The maximum atomic E-state index is 12.8. The molecule has 39 heavy (non-hydrogen) atoms. The molecule has 0 saturated carbocycles. The van der Waals surface area contributed by atoms with Crippen LogP contribution in [-0.2, 0) is 14.4 Å². The smallest absolute Gasteiger partial charge is 0.294 e. The Labute approximate surface area is 242 Å². The Hall–Kier alpha value is -3.60. The Morgan fingerprint density at radius 1 is 0.974 bits per heavy atom. The largest absolute Gasteiger partial charge is 0.484 e. The fourth-order valence-corrected chi connectivity index (χ4v) is 5.06. The van der Waals surface area contributed by atoms with Crippen LogP contribution in [0, 0.1) is 13.8 Å². The van der Waals surface area contributed by atoms with Crippen LogP contribution in [0.2, 0.25) is 5.02 Å². The molecule has 1 aliphatic heterocycles. The predicted octanol–water partition coefficient (Wildman–Crippen LogP) is 6.41. The number of nitrogens with one attached hydrogen (secondary N) is 2. The first-order valence-corrected chi connectivity index (χ1v) is 13.7. The fraction of sp³-hybridized carbons (Fsp3) is 0.143. The minimum atomic E-state index is -0.550. The van der Waals surface area contributed by atoms with Crippen molar-refractivity contribution in [1.29, 1.82) is 0 Å². The summed E-state index contributed by atoms with van der Waals surface area (Å²) in [5.41, 5.74) is 4.00. The summed E-state index contributed by atoms with van der Waals surface area (Å²) in [6.45, 7) is 3.37. The van der Waals surface area contributed by atoms with Gasteiger partial charge in [-0.15, -0.1) is 0 Å². The average Bonchev–Trinajstić information content (AvgIpc) is 3.15. The Kier molecular flexibility index (Phi) is 9.11. The predicted molar refractivity (Wildman–Crippen MR) is 157 cm³/mol. The summed E-state index contributed by atoms with van der Waals surface area (Å²) in [6, 6.07) is 17.0. The van der Waals surface area contributed by atoms with Crippen LogP contribution in [-0.4, -0.2) is 41.0 Å². The van der Waals surface area contributed by atoms with Gasteiger partial charge in [-0.05, 0) is 113 Å². The first-order valence-electron chi connectivity index (χ1n) is 11.7. The molecule has 0 unspecified atom stereocenters. The molecule has 1 aliphatic rings. The lowest BCUT2D eigenvalue weighted by molar-refractivity contribution is -0.127. The minimum absolute atomic E-state index is 0.185. The quantitative estimate of drug-likeness (QED) is 0.279. The lowest BCUT2D eigenvalue weighted by Crippen LogP contribution is -2.36. The van der Waals surface area contributed by atoms with E-state index < -0.39 is 23.6 Å². The van der Waals surface area contributed by atoms with Crippen LogP contribution in [0.25, 0.3) is 6.08 Å². The highest BCUT2D eigenvalue weighted by Crippen LogP contribution is 2.32. The van der Waals surface area contributed by atoms with E-state index >= 15 is 0 Å². The van der Waals surface area contributed by atoms with Crippen molar-refractivity contribution < 1.29 is 23.9 Å². The van der Waals surface area contributed by atoms with Crippen molar-refractivity contribution in [2.24, 2.45) is 0 Å². The number of hydrogen-bond donors (Lipinski definition) is 2. The first kappa shape index (κ1) is 28.4. The highest BCUT2D eigenvalue weighted by atomic mass is 79.9. The van der Waals surface area contributed by atoms with Crippen LogP contribution >= 0.6 is 39.3 Å². The van der Waals surface area contributed by atoms with Crippen LogP contribution in [0.15, 0.2) is 70.0 Å². The molecule has 0 atom stereocenters. The molecule has 0 aliphatic carbocycles. The Morgan fingerprint density at radius 2 is 1.64 bits per heavy atom. The van der Waals surface area contributed by atoms with Crippen molar-refractivity contribution in [3.63, 3.8) is 0 Å². The number of rotatable bonds is 8. The number of amides is 4. The number of hydrogen-bond acceptors (Lipinski definition) is 6. The SMILES string of the molecule is Cc1cc(Br)c(NC(=O)COc2ccc(/C=C3/SC(=O)N(CC(=O)Nc4ccc(Cl)cc4)C3=O)cc2)cc1C. The highest BCUT2D eigenvalue weighted by molar-refractivity contribution is 9.10. The molecule has 4 rings (SSSR count). The highest BCUT2D eigenvalue weighted by Gasteiger charge is 2.36. The van der Waals surface area contributed by atoms with Crippen molar-refractivity contribution >= 4 is 79.7 Å². The minimum Gasteiger partial charge on any atom is -0.484 e. The molecule has 200 valence electrons. The first-order chi connectivity index (χ1) is 18.6. The van der Waals surface area contributed by atoms with Gasteiger partial charge in [0.25, 0.3) is 17.1 Å². The number of aryl methyl sites for hydroxylation is 2. The van der Waals surface area contributed by atoms with E-state index in [9.17, 15) is 19.2 Å². The maximum absolute atomic E-state index is 12.8. The van der Waals surface area contributed by atoms with Crippen LogP contribution in [0.1, 0.15) is 16.7 Å². The number of anilines is 2. The van der Waals surface area contributed by atoms with Crippen LogP contribution in [0.3, 0.4) is 0 Å². The molecule has 0 bridgehead atoms. The molecule has 8 nitrogen and oxygen atoms in total. The van der Waals surface area contributed by atoms with Gasteiger partial charge < -0.3 is 15.4 Å². The molecule has 0 radical (unpaired) electrons. The molecular formula is C28H23BrClN3O5S. The second kappa shape index (κ2) is 12.5. The number of imide groups is 1. The topological polar surface area (TPSA) is 105 Å². The van der Waals surface area contributed by atoms with Gasteiger partial charge in [0.1, 0.15) is 12.3 Å². The monoisotopic (exact) mass is 627 g/mol. The molecule has 3 aromatic rings. The number of carbonyl (C=O) groups is 4. The summed E-state index contributed by atoms with van der Waals surface area (Å²) in [5, 5.41) is 5.45. The van der Waals surface area contributed by atoms with Crippen LogP contribution in [0.4, 0.5) is 16.2 Å². The van der Waals surface area contributed by atoms with Gasteiger partial charge in [-0.1, -0.05) is 23.7 Å². The van der Waals surface area contributed by atoms with Crippen LogP contribution in [0.5, 0.6) is 5.75 Å². The summed E-state index contributed by atoms with van der Waals surface area (Å²) in [4.78, 5) is 50.9. The van der Waals surface area contributed by atoms with E-state index in [0.29, 0.717) is 27.7 Å². The van der Waals surface area contributed by atoms with Crippen molar-refractivity contribution in [3.05, 3.63) is 91.8 Å². The van der Waals surface area contributed by atoms with Crippen molar-refractivity contribution in [1.82, 2.24) is 4.90 Å². The lowest BCUT2D eigenvalue weighted by atomic mass is 10.1. The van der Waals surface area contributed by atoms with Gasteiger partial charge in [0.15, 0.2) is 6.61 Å². The molecule has 1 fully saturated rings. The Morgan fingerprint density at radius 3 is 2.33 bits per heavy atom. The summed E-state index contributed by atoms with van der Waals surface area (Å²) >= 11 is 10.1. The van der Waals surface area contributed by atoms with E-state index in [4.69, 9.17) is 16.3 Å². The van der Waals surface area contributed by atoms with Crippen molar-refractivity contribution in [2.45, 2.75) is 13.8 Å². The normalized spacial score (nSPS) is 14.1. The standard InChI is InChI=1S/C28H23BrClN3O5S/c1-16-11-22(29)23(12-17(16)2)32-26(35)15-38-21-9-3-18(4-10-21)13-24-27(36)33(28(37)39-24)14-25(34)31-20-7-5-19(30)6-8-20/h3-13H,14-15H2,1-2H3,(H,31,34)(H,32,35)/b24-13+. The third kappa shape index (κ3) is 7.50. The molecular weight excluding hydrogens is 606 g/mol. The van der Waals surface area contributed by atoms with E-state index in [0.717, 1.165) is 32.3 Å². The van der Waals surface area contributed by atoms with Gasteiger partial charge in [0, 0.05) is 15.2 Å². The summed E-state index contributed by atoms with van der Waals surface area (Å²) in [5.74, 6) is -0.896. The van der Waals surface area contributed by atoms with E-state index in [1.807, 2.05) is 26.0 Å². The third-order valence-electron chi connectivity index (χ3n) is 5.71. The number of nitrogens with zero attached hydrogens (tertiary/aromatic N) is 1. The molecule has 3 aromatic carbocycles. The van der Waals surface area contributed by atoms with Gasteiger partial charge in [-0.2, -0.15) is 0 Å². The second-order valence-electron chi connectivity index (χ2n) is 8.65. The molecule has 0 spiro atoms. The van der Waals surface area contributed by atoms with E-state index in [1.165, 1.54) is 0 Å². The van der Waals surface area contributed by atoms with E-state index in [-0.39, 0.29) is 17.4 Å². The van der Waals surface area contributed by atoms with Crippen molar-refractivity contribution in [2.75, 3.05) is 23.8 Å². The number of ether oxygens (including phenoxy) is 1. The zero-order chi connectivity index (χ0) is 28.1. The number of thioether (sulfide) groups is 1.